The van der Waals surface area contributed by atoms with Gasteiger partial charge in [0.05, 0.1) is 6.54 Å². The van der Waals surface area contributed by atoms with Gasteiger partial charge in [0.1, 0.15) is 12.4 Å². The lowest BCUT2D eigenvalue weighted by Crippen LogP contribution is -2.32. The van der Waals surface area contributed by atoms with E-state index in [0.29, 0.717) is 18.7 Å². The summed E-state index contributed by atoms with van der Waals surface area (Å²) in [6.45, 7) is 2.86. The number of aryl methyl sites for hydroxylation is 2. The number of hydrogen-bond donors (Lipinski definition) is 0. The first kappa shape index (κ1) is 15.8. The van der Waals surface area contributed by atoms with Gasteiger partial charge in [-0.1, -0.05) is 17.7 Å². The molecular weight excluding hydrogens is 280 g/mol. The van der Waals surface area contributed by atoms with Crippen LogP contribution in [0, 0.1) is 6.92 Å². The molecule has 22 heavy (non-hydrogen) atoms. The van der Waals surface area contributed by atoms with E-state index in [-0.39, 0.29) is 11.5 Å². The third kappa shape index (κ3) is 3.97. The summed E-state index contributed by atoms with van der Waals surface area (Å²) in [7, 11) is 3.34. The molecule has 5 nitrogen and oxygen atoms in total. The quantitative estimate of drug-likeness (QED) is 0.846. The summed E-state index contributed by atoms with van der Waals surface area (Å²) in [6, 6.07) is 10.7. The summed E-state index contributed by atoms with van der Waals surface area (Å²) < 4.78 is 7.03. The van der Waals surface area contributed by atoms with Gasteiger partial charge in [-0.05, 0) is 25.1 Å². The zero-order valence-corrected chi connectivity index (χ0v) is 13.1. The van der Waals surface area contributed by atoms with Gasteiger partial charge in [-0.3, -0.25) is 9.59 Å². The Bertz CT molecular complexity index is 705. The molecule has 0 saturated carbocycles. The number of hydrogen-bond acceptors (Lipinski definition) is 3. The third-order valence-electron chi connectivity index (χ3n) is 3.41. The molecule has 1 aromatic carbocycles. The Morgan fingerprint density at radius 1 is 1.23 bits per heavy atom. The van der Waals surface area contributed by atoms with E-state index in [1.165, 1.54) is 16.2 Å². The van der Waals surface area contributed by atoms with Gasteiger partial charge in [-0.25, -0.2) is 0 Å². The van der Waals surface area contributed by atoms with Crippen LogP contribution in [0.3, 0.4) is 0 Å². The standard InChI is InChI=1S/C17H20N2O3/c1-13-4-6-15(7-5-13)22-11-10-19(3)17(21)14-8-9-18(2)16(20)12-14/h4-9,12H,10-11H2,1-3H3. The molecule has 5 heteroatoms. The van der Waals surface area contributed by atoms with E-state index in [1.807, 2.05) is 31.2 Å². The maximum atomic E-state index is 12.2. The van der Waals surface area contributed by atoms with Crippen molar-refractivity contribution < 1.29 is 9.53 Å². The van der Waals surface area contributed by atoms with Crippen molar-refractivity contribution in [2.75, 3.05) is 20.2 Å². The molecule has 116 valence electrons. The van der Waals surface area contributed by atoms with Gasteiger partial charge in [0.15, 0.2) is 0 Å². The van der Waals surface area contributed by atoms with Crippen LogP contribution >= 0.6 is 0 Å². The molecule has 0 radical (unpaired) electrons. The lowest BCUT2D eigenvalue weighted by atomic mass is 10.2. The van der Waals surface area contributed by atoms with Crippen molar-refractivity contribution in [2.24, 2.45) is 7.05 Å². The maximum Gasteiger partial charge on any atom is 0.253 e. The molecule has 0 fully saturated rings. The Hall–Kier alpha value is -2.56. The zero-order chi connectivity index (χ0) is 16.1. The van der Waals surface area contributed by atoms with Crippen LogP contribution in [0.1, 0.15) is 15.9 Å². The van der Waals surface area contributed by atoms with Crippen LogP contribution < -0.4 is 10.3 Å². The topological polar surface area (TPSA) is 51.5 Å². The van der Waals surface area contributed by atoms with E-state index in [1.54, 1.807) is 31.3 Å². The van der Waals surface area contributed by atoms with Gasteiger partial charge in [-0.15, -0.1) is 0 Å². The van der Waals surface area contributed by atoms with Crippen molar-refractivity contribution in [1.82, 2.24) is 9.47 Å². The number of nitrogens with zero attached hydrogens (tertiary/aromatic N) is 2. The molecule has 0 unspecified atom stereocenters. The Labute approximate surface area is 129 Å². The molecule has 0 bridgehead atoms. The first-order valence-corrected chi connectivity index (χ1v) is 7.09. The zero-order valence-electron chi connectivity index (χ0n) is 13.1. The van der Waals surface area contributed by atoms with Crippen LogP contribution in [0.25, 0.3) is 0 Å². The molecule has 0 atom stereocenters. The Morgan fingerprint density at radius 2 is 1.91 bits per heavy atom. The van der Waals surface area contributed by atoms with Crippen LogP contribution in [0.4, 0.5) is 0 Å². The average molecular weight is 300 g/mol. The van der Waals surface area contributed by atoms with E-state index in [4.69, 9.17) is 4.74 Å². The average Bonchev–Trinajstić information content (AvgIpc) is 2.51. The predicted molar refractivity (Wildman–Crippen MR) is 85.3 cm³/mol. The molecule has 1 heterocycles. The van der Waals surface area contributed by atoms with Crippen LogP contribution in [0.5, 0.6) is 5.75 Å². The number of amides is 1. The van der Waals surface area contributed by atoms with Gasteiger partial charge in [-0.2, -0.15) is 0 Å². The highest BCUT2D eigenvalue weighted by Crippen LogP contribution is 2.11. The lowest BCUT2D eigenvalue weighted by molar-refractivity contribution is 0.0773. The Kier molecular flexibility index (Phi) is 4.99. The van der Waals surface area contributed by atoms with Gasteiger partial charge >= 0.3 is 0 Å². The third-order valence-corrected chi connectivity index (χ3v) is 3.41. The number of ether oxygens (including phenoxy) is 1. The van der Waals surface area contributed by atoms with E-state index >= 15 is 0 Å². The summed E-state index contributed by atoms with van der Waals surface area (Å²) in [6.07, 6.45) is 1.59. The smallest absolute Gasteiger partial charge is 0.253 e. The number of aromatic nitrogens is 1. The number of likely N-dealkylation sites (N-methyl/N-ethyl adjacent to an activating group) is 1. The highest BCUT2D eigenvalue weighted by Gasteiger charge is 2.12. The van der Waals surface area contributed by atoms with Gasteiger partial charge < -0.3 is 14.2 Å². The summed E-state index contributed by atoms with van der Waals surface area (Å²) >= 11 is 0. The fourth-order valence-electron chi connectivity index (χ4n) is 1.94. The normalized spacial score (nSPS) is 10.3. The van der Waals surface area contributed by atoms with Gasteiger partial charge in [0.2, 0.25) is 0 Å². The number of carbonyl (C=O) groups is 1. The SMILES string of the molecule is Cc1ccc(OCCN(C)C(=O)c2ccn(C)c(=O)c2)cc1. The van der Waals surface area contributed by atoms with Crippen molar-refractivity contribution in [1.29, 1.82) is 0 Å². The molecule has 0 aliphatic carbocycles. The minimum atomic E-state index is -0.199. The first-order chi connectivity index (χ1) is 10.5. The highest BCUT2D eigenvalue weighted by molar-refractivity contribution is 5.93. The van der Waals surface area contributed by atoms with Crippen molar-refractivity contribution in [3.8, 4) is 5.75 Å². The van der Waals surface area contributed by atoms with Crippen LogP contribution in [0.15, 0.2) is 47.4 Å². The van der Waals surface area contributed by atoms with Gasteiger partial charge in [0.25, 0.3) is 11.5 Å². The van der Waals surface area contributed by atoms with Crippen molar-refractivity contribution in [3.63, 3.8) is 0 Å². The second-order valence-corrected chi connectivity index (χ2v) is 5.25. The van der Waals surface area contributed by atoms with E-state index in [0.717, 1.165) is 5.75 Å². The second kappa shape index (κ2) is 6.93. The lowest BCUT2D eigenvalue weighted by Gasteiger charge is -2.17. The minimum absolute atomic E-state index is 0.190. The van der Waals surface area contributed by atoms with E-state index < -0.39 is 0 Å². The van der Waals surface area contributed by atoms with E-state index in [2.05, 4.69) is 0 Å². The largest absolute Gasteiger partial charge is 0.492 e. The van der Waals surface area contributed by atoms with Crippen molar-refractivity contribution in [2.45, 2.75) is 6.92 Å². The number of rotatable bonds is 5. The Morgan fingerprint density at radius 3 is 2.55 bits per heavy atom. The predicted octanol–water partition coefficient (Wildman–Crippen LogP) is 1.84. The fraction of sp³-hybridized carbons (Fsp3) is 0.294. The molecule has 0 aliphatic rings. The molecule has 1 aromatic heterocycles. The summed E-state index contributed by atoms with van der Waals surface area (Å²) in [4.78, 5) is 25.3. The van der Waals surface area contributed by atoms with Crippen LogP contribution in [-0.4, -0.2) is 35.6 Å². The summed E-state index contributed by atoms with van der Waals surface area (Å²) in [5.74, 6) is 0.588. The highest BCUT2D eigenvalue weighted by atomic mass is 16.5. The number of benzene rings is 1. The second-order valence-electron chi connectivity index (χ2n) is 5.25. The molecule has 2 aromatic rings. The molecule has 0 N–H and O–H groups in total. The van der Waals surface area contributed by atoms with Crippen LogP contribution in [0.2, 0.25) is 0 Å². The van der Waals surface area contributed by atoms with Crippen molar-refractivity contribution in [3.05, 3.63) is 64.1 Å². The maximum absolute atomic E-state index is 12.2. The first-order valence-electron chi connectivity index (χ1n) is 7.09. The van der Waals surface area contributed by atoms with Crippen LogP contribution in [-0.2, 0) is 7.05 Å². The van der Waals surface area contributed by atoms with Gasteiger partial charge in [0, 0.05) is 31.9 Å². The molecule has 2 rings (SSSR count). The Balaban J connectivity index is 1.89. The van der Waals surface area contributed by atoms with Crippen molar-refractivity contribution >= 4 is 5.91 Å². The molecular formula is C17H20N2O3. The molecule has 0 aliphatic heterocycles. The minimum Gasteiger partial charge on any atom is -0.492 e. The van der Waals surface area contributed by atoms with E-state index in [9.17, 15) is 9.59 Å². The molecule has 0 saturated heterocycles. The number of carbonyl (C=O) groups excluding carboxylic acids is 1. The summed E-state index contributed by atoms with van der Waals surface area (Å²) in [5.41, 5.74) is 1.36. The fourth-order valence-corrected chi connectivity index (χ4v) is 1.94. The monoisotopic (exact) mass is 300 g/mol. The molecule has 0 spiro atoms. The summed E-state index contributed by atoms with van der Waals surface area (Å²) in [5, 5.41) is 0. The molecule has 1 amide bonds. The number of pyridine rings is 1.